The van der Waals surface area contributed by atoms with Gasteiger partial charge in [0, 0.05) is 24.2 Å². The molecule has 0 aromatic carbocycles. The van der Waals surface area contributed by atoms with E-state index in [1.807, 2.05) is 19.2 Å². The normalized spacial score (nSPS) is 12.7. The van der Waals surface area contributed by atoms with Crippen molar-refractivity contribution in [3.05, 3.63) is 16.1 Å². The van der Waals surface area contributed by atoms with E-state index < -0.39 is 6.04 Å². The lowest BCUT2D eigenvalue weighted by Gasteiger charge is -2.20. The molecular weight excluding hydrogens is 274 g/mol. The van der Waals surface area contributed by atoms with Crippen LogP contribution in [0, 0.1) is 6.92 Å². The summed E-state index contributed by atoms with van der Waals surface area (Å²) in [6.45, 7) is 12.1. The maximum atomic E-state index is 12.0. The van der Waals surface area contributed by atoms with E-state index in [9.17, 15) is 4.79 Å². The molecule has 1 N–H and O–H groups in total. The maximum absolute atomic E-state index is 12.0. The van der Waals surface area contributed by atoms with Crippen molar-refractivity contribution in [1.29, 1.82) is 0 Å². The number of rotatable bonds is 9. The molecule has 6 heteroatoms. The zero-order valence-corrected chi connectivity index (χ0v) is 13.6. The number of nitrogens with one attached hydrogen (secondary N) is 1. The number of thiazole rings is 1. The van der Waals surface area contributed by atoms with E-state index in [1.54, 1.807) is 0 Å². The summed E-state index contributed by atoms with van der Waals surface area (Å²) < 4.78 is 5.13. The molecule has 0 aliphatic heterocycles. The van der Waals surface area contributed by atoms with Gasteiger partial charge in [-0.1, -0.05) is 13.8 Å². The second-order valence-corrected chi connectivity index (χ2v) is 5.38. The van der Waals surface area contributed by atoms with Crippen LogP contribution in [0.5, 0.6) is 0 Å². The Bertz CT molecular complexity index is 405. The van der Waals surface area contributed by atoms with Crippen LogP contribution >= 0.6 is 11.3 Å². The Morgan fingerprint density at radius 1 is 1.45 bits per heavy atom. The van der Waals surface area contributed by atoms with Crippen molar-refractivity contribution in [3.8, 4) is 0 Å². The summed E-state index contributed by atoms with van der Waals surface area (Å²) in [5.74, 6) is -0.249. The molecule has 1 atom stereocenters. The first-order valence-corrected chi connectivity index (χ1v) is 8.04. The van der Waals surface area contributed by atoms with Crippen molar-refractivity contribution in [2.45, 2.75) is 33.7 Å². The second kappa shape index (κ2) is 9.05. The van der Waals surface area contributed by atoms with E-state index >= 15 is 0 Å². The predicted molar refractivity (Wildman–Crippen MR) is 82.0 cm³/mol. The van der Waals surface area contributed by atoms with Gasteiger partial charge in [0.05, 0.1) is 6.61 Å². The molecule has 1 rings (SSSR count). The molecule has 0 radical (unpaired) electrons. The Kier molecular flexibility index (Phi) is 7.72. The van der Waals surface area contributed by atoms with Gasteiger partial charge in [0.1, 0.15) is 5.01 Å². The van der Waals surface area contributed by atoms with Crippen LogP contribution < -0.4 is 5.32 Å². The van der Waals surface area contributed by atoms with Crippen molar-refractivity contribution in [3.63, 3.8) is 0 Å². The zero-order valence-electron chi connectivity index (χ0n) is 12.8. The van der Waals surface area contributed by atoms with Crippen LogP contribution in [0.3, 0.4) is 0 Å². The number of aromatic nitrogens is 1. The molecule has 0 saturated heterocycles. The molecule has 1 heterocycles. The van der Waals surface area contributed by atoms with Crippen molar-refractivity contribution in [2.24, 2.45) is 0 Å². The average Bonchev–Trinajstić information content (AvgIpc) is 2.85. The van der Waals surface area contributed by atoms with Gasteiger partial charge >= 0.3 is 5.97 Å². The van der Waals surface area contributed by atoms with Crippen molar-refractivity contribution < 1.29 is 9.53 Å². The molecule has 5 nitrogen and oxygen atoms in total. The molecule has 1 aromatic heterocycles. The Hall–Kier alpha value is -0.980. The molecule has 0 amide bonds. The first-order valence-electron chi connectivity index (χ1n) is 7.16. The summed E-state index contributed by atoms with van der Waals surface area (Å²) in [6, 6.07) is -0.454. The summed E-state index contributed by atoms with van der Waals surface area (Å²) in [4.78, 5) is 18.7. The summed E-state index contributed by atoms with van der Waals surface area (Å²) in [6.07, 6.45) is 0. The van der Waals surface area contributed by atoms with Crippen LogP contribution in [0.4, 0.5) is 0 Å². The van der Waals surface area contributed by atoms with E-state index in [0.717, 1.165) is 36.9 Å². The lowest BCUT2D eigenvalue weighted by molar-refractivity contribution is -0.145. The smallest absolute Gasteiger partial charge is 0.330 e. The van der Waals surface area contributed by atoms with Crippen LogP contribution in [0.2, 0.25) is 0 Å². The van der Waals surface area contributed by atoms with Gasteiger partial charge < -0.3 is 9.64 Å². The summed E-state index contributed by atoms with van der Waals surface area (Å²) >= 11 is 1.49. The number of carbonyl (C=O) groups is 1. The fourth-order valence-corrected chi connectivity index (χ4v) is 2.76. The quantitative estimate of drug-likeness (QED) is 0.707. The second-order valence-electron chi connectivity index (χ2n) is 4.49. The molecule has 1 unspecified atom stereocenters. The van der Waals surface area contributed by atoms with Crippen molar-refractivity contribution in [2.75, 3.05) is 32.8 Å². The molecule has 0 aliphatic rings. The highest BCUT2D eigenvalue weighted by Gasteiger charge is 2.24. The number of hydrogen-bond acceptors (Lipinski definition) is 6. The SMILES string of the molecule is CCOC(=O)C(NCCN(CC)CC)c1nc(C)cs1. The van der Waals surface area contributed by atoms with Gasteiger partial charge in [-0.15, -0.1) is 11.3 Å². The number of aryl methyl sites for hydroxylation is 1. The van der Waals surface area contributed by atoms with Crippen LogP contribution in [-0.4, -0.2) is 48.6 Å². The molecule has 0 aliphatic carbocycles. The third-order valence-corrected chi connectivity index (χ3v) is 4.10. The number of nitrogens with zero attached hydrogens (tertiary/aromatic N) is 2. The lowest BCUT2D eigenvalue weighted by atomic mass is 10.3. The maximum Gasteiger partial charge on any atom is 0.330 e. The van der Waals surface area contributed by atoms with Gasteiger partial charge in [-0.3, -0.25) is 5.32 Å². The Balaban J connectivity index is 2.62. The topological polar surface area (TPSA) is 54.5 Å². The highest BCUT2D eigenvalue weighted by molar-refractivity contribution is 7.09. The third kappa shape index (κ3) is 5.19. The minimum absolute atomic E-state index is 0.249. The fourth-order valence-electron chi connectivity index (χ4n) is 1.91. The molecule has 0 saturated carbocycles. The summed E-state index contributed by atoms with van der Waals surface area (Å²) in [7, 11) is 0. The average molecular weight is 299 g/mol. The lowest BCUT2D eigenvalue weighted by Crippen LogP contribution is -2.37. The number of ether oxygens (including phenoxy) is 1. The molecular formula is C14H25N3O2S. The predicted octanol–water partition coefficient (Wildman–Crippen LogP) is 1.99. The molecule has 1 aromatic rings. The number of carbonyl (C=O) groups excluding carboxylic acids is 1. The standard InChI is InChI=1S/C14H25N3O2S/c1-5-17(6-2)9-8-15-12(14(18)19-7-3)13-16-11(4)10-20-13/h10,12,15H,5-9H2,1-4H3. The van der Waals surface area contributed by atoms with Crippen molar-refractivity contribution >= 4 is 17.3 Å². The van der Waals surface area contributed by atoms with Crippen LogP contribution in [0.25, 0.3) is 0 Å². The van der Waals surface area contributed by atoms with E-state index in [2.05, 4.69) is 29.0 Å². The summed E-state index contributed by atoms with van der Waals surface area (Å²) in [5.41, 5.74) is 0.935. The molecule has 114 valence electrons. The van der Waals surface area contributed by atoms with Gasteiger partial charge in [-0.2, -0.15) is 0 Å². The monoisotopic (exact) mass is 299 g/mol. The largest absolute Gasteiger partial charge is 0.465 e. The van der Waals surface area contributed by atoms with Gasteiger partial charge in [-0.25, -0.2) is 9.78 Å². The first-order chi connectivity index (χ1) is 9.62. The Morgan fingerprint density at radius 3 is 2.65 bits per heavy atom. The Morgan fingerprint density at radius 2 is 2.15 bits per heavy atom. The van der Waals surface area contributed by atoms with Gasteiger partial charge in [-0.05, 0) is 26.9 Å². The van der Waals surface area contributed by atoms with E-state index in [1.165, 1.54) is 11.3 Å². The molecule has 0 fully saturated rings. The van der Waals surface area contributed by atoms with E-state index in [-0.39, 0.29) is 5.97 Å². The van der Waals surface area contributed by atoms with Crippen LogP contribution in [0.1, 0.15) is 37.5 Å². The van der Waals surface area contributed by atoms with E-state index in [0.29, 0.717) is 6.61 Å². The molecule has 20 heavy (non-hydrogen) atoms. The number of hydrogen-bond donors (Lipinski definition) is 1. The minimum Gasteiger partial charge on any atom is -0.465 e. The third-order valence-electron chi connectivity index (χ3n) is 3.08. The van der Waals surface area contributed by atoms with Crippen molar-refractivity contribution in [1.82, 2.24) is 15.2 Å². The highest BCUT2D eigenvalue weighted by Crippen LogP contribution is 2.19. The fraction of sp³-hybridized carbons (Fsp3) is 0.714. The zero-order chi connectivity index (χ0) is 15.0. The molecule has 0 spiro atoms. The van der Waals surface area contributed by atoms with Crippen LogP contribution in [-0.2, 0) is 9.53 Å². The molecule has 0 bridgehead atoms. The number of esters is 1. The van der Waals surface area contributed by atoms with Gasteiger partial charge in [0.15, 0.2) is 6.04 Å². The van der Waals surface area contributed by atoms with Crippen LogP contribution in [0.15, 0.2) is 5.38 Å². The summed E-state index contributed by atoms with van der Waals surface area (Å²) in [5, 5.41) is 6.00. The highest BCUT2D eigenvalue weighted by atomic mass is 32.1. The van der Waals surface area contributed by atoms with Gasteiger partial charge in [0.25, 0.3) is 0 Å². The van der Waals surface area contributed by atoms with E-state index in [4.69, 9.17) is 4.74 Å². The Labute approximate surface area is 125 Å². The van der Waals surface area contributed by atoms with Gasteiger partial charge in [0.2, 0.25) is 0 Å². The minimum atomic E-state index is -0.454. The first kappa shape index (κ1) is 17.1. The number of likely N-dealkylation sites (N-methyl/N-ethyl adjacent to an activating group) is 1.